The Hall–Kier alpha value is -1.59. The quantitative estimate of drug-likeness (QED) is 0.601. The molecule has 0 radical (unpaired) electrons. The van der Waals surface area contributed by atoms with Crippen LogP contribution in [0.15, 0.2) is 24.3 Å². The third-order valence-electron chi connectivity index (χ3n) is 3.06. The zero-order chi connectivity index (χ0) is 12.3. The van der Waals surface area contributed by atoms with Gasteiger partial charge in [-0.05, 0) is 30.7 Å². The lowest BCUT2D eigenvalue weighted by molar-refractivity contribution is 0.0724. The van der Waals surface area contributed by atoms with Gasteiger partial charge in [-0.2, -0.15) is 0 Å². The summed E-state index contributed by atoms with van der Waals surface area (Å²) < 4.78 is 5.24. The van der Waals surface area contributed by atoms with E-state index >= 15 is 0 Å². The van der Waals surface area contributed by atoms with Crippen molar-refractivity contribution in [3.05, 3.63) is 29.8 Å². The topological polar surface area (TPSA) is 67.6 Å². The zero-order valence-electron chi connectivity index (χ0n) is 9.85. The molecule has 1 atom stereocenters. The molecular weight excluding hydrogens is 218 g/mol. The van der Waals surface area contributed by atoms with Crippen LogP contribution in [0.5, 0.6) is 0 Å². The molecule has 1 saturated heterocycles. The predicted octanol–water partition coefficient (Wildman–Crippen LogP) is 0.833. The van der Waals surface area contributed by atoms with Crippen molar-refractivity contribution in [2.45, 2.75) is 12.5 Å². The number of nitrogens with two attached hydrogens (primary N) is 1. The second-order valence-corrected chi connectivity index (χ2v) is 4.12. The molecule has 0 bridgehead atoms. The van der Waals surface area contributed by atoms with Gasteiger partial charge in [-0.15, -0.1) is 0 Å². The number of methoxy groups -OCH3 is 1. The van der Waals surface area contributed by atoms with Crippen molar-refractivity contribution in [3.8, 4) is 0 Å². The minimum Gasteiger partial charge on any atom is -0.380 e. The summed E-state index contributed by atoms with van der Waals surface area (Å²) in [6, 6.07) is 7.13. The normalized spacial score (nSPS) is 19.4. The Bertz CT molecular complexity index is 391. The fourth-order valence-electron chi connectivity index (χ4n) is 2.00. The molecule has 1 aromatic carbocycles. The van der Waals surface area contributed by atoms with E-state index < -0.39 is 0 Å². The number of hydrazine groups is 1. The van der Waals surface area contributed by atoms with Crippen LogP contribution in [-0.2, 0) is 4.74 Å². The van der Waals surface area contributed by atoms with Gasteiger partial charge in [-0.3, -0.25) is 10.6 Å². The second kappa shape index (κ2) is 5.16. The van der Waals surface area contributed by atoms with Gasteiger partial charge in [-0.1, -0.05) is 0 Å². The number of amides is 1. The Labute approximate surface area is 101 Å². The number of benzene rings is 1. The van der Waals surface area contributed by atoms with Gasteiger partial charge >= 0.3 is 0 Å². The fraction of sp³-hybridized carbons (Fsp3) is 0.417. The molecule has 1 heterocycles. The number of rotatable bonds is 3. The summed E-state index contributed by atoms with van der Waals surface area (Å²) in [5, 5.41) is 0. The number of ether oxygens (including phenoxy) is 1. The summed E-state index contributed by atoms with van der Waals surface area (Å²) in [6.45, 7) is 1.43. The molecule has 1 aliphatic heterocycles. The van der Waals surface area contributed by atoms with E-state index in [2.05, 4.69) is 5.43 Å². The predicted molar refractivity (Wildman–Crippen MR) is 65.6 cm³/mol. The van der Waals surface area contributed by atoms with Crippen molar-refractivity contribution in [3.63, 3.8) is 0 Å². The van der Waals surface area contributed by atoms with Gasteiger partial charge in [0.15, 0.2) is 0 Å². The van der Waals surface area contributed by atoms with Crippen molar-refractivity contribution in [1.29, 1.82) is 0 Å². The highest BCUT2D eigenvalue weighted by Gasteiger charge is 2.26. The van der Waals surface area contributed by atoms with Crippen LogP contribution >= 0.6 is 0 Å². The van der Waals surface area contributed by atoms with Crippen LogP contribution in [0.3, 0.4) is 0 Å². The largest absolute Gasteiger partial charge is 0.380 e. The summed E-state index contributed by atoms with van der Waals surface area (Å²) in [6.07, 6.45) is 1.08. The average molecular weight is 235 g/mol. The lowest BCUT2D eigenvalue weighted by Gasteiger charge is -2.16. The van der Waals surface area contributed by atoms with Crippen LogP contribution in [0.25, 0.3) is 0 Å². The first-order valence-electron chi connectivity index (χ1n) is 5.63. The zero-order valence-corrected chi connectivity index (χ0v) is 9.85. The van der Waals surface area contributed by atoms with Crippen LogP contribution in [0.4, 0.5) is 5.69 Å². The highest BCUT2D eigenvalue weighted by Crippen LogP contribution is 2.16. The summed E-state index contributed by atoms with van der Waals surface area (Å²) in [5.74, 6) is 5.32. The lowest BCUT2D eigenvalue weighted by Crippen LogP contribution is -2.29. The molecule has 1 amide bonds. The van der Waals surface area contributed by atoms with Gasteiger partial charge < -0.3 is 15.1 Å². The molecule has 1 aromatic rings. The Morgan fingerprint density at radius 3 is 2.71 bits per heavy atom. The third-order valence-corrected chi connectivity index (χ3v) is 3.06. The van der Waals surface area contributed by atoms with Gasteiger partial charge in [0.2, 0.25) is 0 Å². The summed E-state index contributed by atoms with van der Waals surface area (Å²) in [7, 11) is 1.68. The minimum atomic E-state index is 0.0492. The summed E-state index contributed by atoms with van der Waals surface area (Å²) in [4.78, 5) is 13.9. The van der Waals surface area contributed by atoms with Gasteiger partial charge in [0.25, 0.3) is 5.91 Å². The molecule has 1 unspecified atom stereocenters. The molecule has 0 saturated carbocycles. The number of likely N-dealkylation sites (tertiary alicyclic amines) is 1. The highest BCUT2D eigenvalue weighted by molar-refractivity contribution is 5.94. The molecule has 5 heteroatoms. The Balaban J connectivity index is 2.04. The van der Waals surface area contributed by atoms with Crippen molar-refractivity contribution >= 4 is 11.6 Å². The van der Waals surface area contributed by atoms with Crippen molar-refractivity contribution in [2.75, 3.05) is 25.6 Å². The van der Waals surface area contributed by atoms with Crippen LogP contribution in [0, 0.1) is 0 Å². The van der Waals surface area contributed by atoms with E-state index in [0.29, 0.717) is 12.1 Å². The number of nitrogens with one attached hydrogen (secondary N) is 1. The lowest BCUT2D eigenvalue weighted by atomic mass is 10.2. The Morgan fingerprint density at radius 1 is 1.47 bits per heavy atom. The molecule has 0 aliphatic carbocycles. The van der Waals surface area contributed by atoms with Gasteiger partial charge in [0.1, 0.15) is 0 Å². The van der Waals surface area contributed by atoms with Crippen LogP contribution in [0.2, 0.25) is 0 Å². The molecule has 0 spiro atoms. The number of nitrogen functional groups attached to an aromatic ring is 1. The number of hydrogen-bond donors (Lipinski definition) is 2. The number of nitrogens with zero attached hydrogens (tertiary/aromatic N) is 1. The SMILES string of the molecule is COC1CCN(C(=O)c2ccc(NN)cc2)C1. The molecule has 92 valence electrons. The first-order valence-corrected chi connectivity index (χ1v) is 5.63. The standard InChI is InChI=1S/C12H17N3O2/c1-17-11-6-7-15(8-11)12(16)9-2-4-10(14-13)5-3-9/h2-5,11,14H,6-8,13H2,1H3. The molecule has 1 fully saturated rings. The number of hydrogen-bond acceptors (Lipinski definition) is 4. The van der Waals surface area contributed by atoms with Crippen molar-refractivity contribution in [2.24, 2.45) is 5.84 Å². The second-order valence-electron chi connectivity index (χ2n) is 4.12. The van der Waals surface area contributed by atoms with E-state index in [0.717, 1.165) is 18.7 Å². The number of carbonyl (C=O) groups excluding carboxylic acids is 1. The van der Waals surface area contributed by atoms with E-state index in [9.17, 15) is 4.79 Å². The van der Waals surface area contributed by atoms with E-state index in [1.165, 1.54) is 0 Å². The first kappa shape index (κ1) is 11.9. The van der Waals surface area contributed by atoms with E-state index in [1.807, 2.05) is 4.90 Å². The van der Waals surface area contributed by atoms with E-state index in [1.54, 1.807) is 31.4 Å². The molecule has 3 N–H and O–H groups in total. The maximum Gasteiger partial charge on any atom is 0.253 e. The summed E-state index contributed by atoms with van der Waals surface area (Å²) >= 11 is 0. The van der Waals surface area contributed by atoms with Crippen molar-refractivity contribution in [1.82, 2.24) is 4.90 Å². The van der Waals surface area contributed by atoms with E-state index in [4.69, 9.17) is 10.6 Å². The molecule has 2 rings (SSSR count). The molecular formula is C12H17N3O2. The maximum atomic E-state index is 12.1. The number of carbonyl (C=O) groups is 1. The van der Waals surface area contributed by atoms with Gasteiger partial charge in [0.05, 0.1) is 6.10 Å². The average Bonchev–Trinajstić information content (AvgIpc) is 2.87. The monoisotopic (exact) mass is 235 g/mol. The van der Waals surface area contributed by atoms with Crippen LogP contribution < -0.4 is 11.3 Å². The maximum absolute atomic E-state index is 12.1. The van der Waals surface area contributed by atoms with Crippen LogP contribution in [0.1, 0.15) is 16.8 Å². The molecule has 1 aliphatic rings. The Kier molecular flexibility index (Phi) is 3.61. The van der Waals surface area contributed by atoms with Crippen LogP contribution in [-0.4, -0.2) is 37.1 Å². The fourth-order valence-corrected chi connectivity index (χ4v) is 2.00. The molecule has 17 heavy (non-hydrogen) atoms. The van der Waals surface area contributed by atoms with Gasteiger partial charge in [-0.25, -0.2) is 0 Å². The third kappa shape index (κ3) is 2.57. The highest BCUT2D eigenvalue weighted by atomic mass is 16.5. The van der Waals surface area contributed by atoms with Gasteiger partial charge in [0, 0.05) is 31.5 Å². The van der Waals surface area contributed by atoms with Crippen molar-refractivity contribution < 1.29 is 9.53 Å². The smallest absolute Gasteiger partial charge is 0.253 e. The number of anilines is 1. The van der Waals surface area contributed by atoms with E-state index in [-0.39, 0.29) is 12.0 Å². The molecule has 5 nitrogen and oxygen atoms in total. The first-order chi connectivity index (χ1) is 8.24. The summed E-state index contributed by atoms with van der Waals surface area (Å²) in [5.41, 5.74) is 4.00. The Morgan fingerprint density at radius 2 is 2.18 bits per heavy atom. The molecule has 0 aromatic heterocycles. The minimum absolute atomic E-state index is 0.0492.